The highest BCUT2D eigenvalue weighted by molar-refractivity contribution is 4.90. The molecule has 0 amide bonds. The third-order valence-electron chi connectivity index (χ3n) is 3.95. The van der Waals surface area contributed by atoms with Gasteiger partial charge in [0.1, 0.15) is 0 Å². The molecule has 0 radical (unpaired) electrons. The van der Waals surface area contributed by atoms with Crippen LogP contribution in [0.25, 0.3) is 0 Å². The lowest BCUT2D eigenvalue weighted by Gasteiger charge is -2.45. The summed E-state index contributed by atoms with van der Waals surface area (Å²) < 4.78 is 0. The van der Waals surface area contributed by atoms with Gasteiger partial charge in [-0.2, -0.15) is 0 Å². The highest BCUT2D eigenvalue weighted by atomic mass is 14.6. The van der Waals surface area contributed by atoms with Crippen LogP contribution in [0.15, 0.2) is 0 Å². The van der Waals surface area contributed by atoms with Gasteiger partial charge in [-0.25, -0.2) is 0 Å². The zero-order valence-electron chi connectivity index (χ0n) is 9.64. The van der Waals surface area contributed by atoms with Crippen LogP contribution in [0.4, 0.5) is 0 Å². The highest BCUT2D eigenvalue weighted by Gasteiger charge is 2.39. The molecule has 1 nitrogen and oxygen atoms in total. The van der Waals surface area contributed by atoms with E-state index in [2.05, 4.69) is 27.7 Å². The number of hydrogen-bond acceptors (Lipinski definition) is 1. The lowest BCUT2D eigenvalue weighted by molar-refractivity contribution is 0.0570. The predicted octanol–water partition coefficient (Wildman–Crippen LogP) is 3.04. The summed E-state index contributed by atoms with van der Waals surface area (Å²) >= 11 is 0. The fourth-order valence-corrected chi connectivity index (χ4v) is 3.23. The molecule has 0 aromatic heterocycles. The van der Waals surface area contributed by atoms with Crippen LogP contribution < -0.4 is 5.73 Å². The van der Waals surface area contributed by atoms with Crippen molar-refractivity contribution in [1.29, 1.82) is 0 Å². The molecule has 0 saturated heterocycles. The molecule has 0 aromatic rings. The molecular formula is C12H25N. The Bertz CT molecular complexity index is 165. The molecule has 0 aromatic carbocycles. The average molecular weight is 183 g/mol. The molecule has 0 bridgehead atoms. The third kappa shape index (κ3) is 2.25. The predicted molar refractivity (Wildman–Crippen MR) is 58.5 cm³/mol. The minimum Gasteiger partial charge on any atom is -0.330 e. The Balaban J connectivity index is 2.72. The second kappa shape index (κ2) is 4.00. The van der Waals surface area contributed by atoms with Crippen LogP contribution in [0.5, 0.6) is 0 Å². The van der Waals surface area contributed by atoms with Crippen molar-refractivity contribution in [3.8, 4) is 0 Å². The molecule has 1 aliphatic carbocycles. The van der Waals surface area contributed by atoms with Gasteiger partial charge < -0.3 is 5.73 Å². The highest BCUT2D eigenvalue weighted by Crippen LogP contribution is 2.46. The van der Waals surface area contributed by atoms with E-state index >= 15 is 0 Å². The maximum Gasteiger partial charge on any atom is -0.00203 e. The first-order valence-corrected chi connectivity index (χ1v) is 5.69. The summed E-state index contributed by atoms with van der Waals surface area (Å²) in [6.07, 6.45) is 4.11. The fourth-order valence-electron chi connectivity index (χ4n) is 3.23. The molecule has 1 aliphatic rings. The van der Waals surface area contributed by atoms with Gasteiger partial charge >= 0.3 is 0 Å². The van der Waals surface area contributed by atoms with Crippen LogP contribution in [0.2, 0.25) is 0 Å². The molecule has 1 rings (SSSR count). The Morgan fingerprint density at radius 2 is 2.00 bits per heavy atom. The van der Waals surface area contributed by atoms with Gasteiger partial charge in [0.15, 0.2) is 0 Å². The number of hydrogen-bond donors (Lipinski definition) is 1. The Kier molecular flexibility index (Phi) is 3.39. The van der Waals surface area contributed by atoms with E-state index in [9.17, 15) is 0 Å². The Morgan fingerprint density at radius 1 is 1.38 bits per heavy atom. The van der Waals surface area contributed by atoms with Gasteiger partial charge in [-0.05, 0) is 42.6 Å². The Morgan fingerprint density at radius 3 is 2.46 bits per heavy atom. The van der Waals surface area contributed by atoms with Gasteiger partial charge in [0.2, 0.25) is 0 Å². The normalized spacial score (nSPS) is 41.1. The molecule has 13 heavy (non-hydrogen) atoms. The standard InChI is InChI=1S/C12H25N/c1-9(2)11-6-5-10(3)7-12(11,4)8-13/h9-11H,5-8,13H2,1-4H3/t10-,11+,12-/m1/s1. The van der Waals surface area contributed by atoms with Crippen molar-refractivity contribution in [2.45, 2.75) is 47.0 Å². The van der Waals surface area contributed by atoms with Crippen molar-refractivity contribution in [2.75, 3.05) is 6.54 Å². The molecule has 1 saturated carbocycles. The van der Waals surface area contributed by atoms with Gasteiger partial charge in [0.05, 0.1) is 0 Å². The fraction of sp³-hybridized carbons (Fsp3) is 1.00. The van der Waals surface area contributed by atoms with E-state index in [4.69, 9.17) is 5.73 Å². The van der Waals surface area contributed by atoms with Crippen LogP contribution in [0.3, 0.4) is 0 Å². The van der Waals surface area contributed by atoms with E-state index in [0.717, 1.165) is 24.3 Å². The molecule has 1 fully saturated rings. The summed E-state index contributed by atoms with van der Waals surface area (Å²) in [7, 11) is 0. The Hall–Kier alpha value is -0.0400. The summed E-state index contributed by atoms with van der Waals surface area (Å²) in [6, 6.07) is 0. The van der Waals surface area contributed by atoms with Gasteiger partial charge in [-0.3, -0.25) is 0 Å². The second-order valence-corrected chi connectivity index (χ2v) is 5.60. The van der Waals surface area contributed by atoms with Crippen molar-refractivity contribution in [3.63, 3.8) is 0 Å². The first-order valence-electron chi connectivity index (χ1n) is 5.69. The molecular weight excluding hydrogens is 158 g/mol. The number of rotatable bonds is 2. The van der Waals surface area contributed by atoms with E-state index in [0.29, 0.717) is 5.41 Å². The van der Waals surface area contributed by atoms with E-state index in [1.54, 1.807) is 0 Å². The van der Waals surface area contributed by atoms with Crippen molar-refractivity contribution >= 4 is 0 Å². The maximum absolute atomic E-state index is 5.93. The van der Waals surface area contributed by atoms with Crippen LogP contribution in [0.1, 0.15) is 47.0 Å². The zero-order valence-corrected chi connectivity index (χ0v) is 9.64. The summed E-state index contributed by atoms with van der Waals surface area (Å²) in [5, 5.41) is 0. The second-order valence-electron chi connectivity index (χ2n) is 5.60. The third-order valence-corrected chi connectivity index (χ3v) is 3.95. The van der Waals surface area contributed by atoms with E-state index in [-0.39, 0.29) is 0 Å². The molecule has 0 aliphatic heterocycles. The lowest BCUT2D eigenvalue weighted by Crippen LogP contribution is -2.42. The summed E-state index contributed by atoms with van der Waals surface area (Å²) in [4.78, 5) is 0. The molecule has 1 heteroatoms. The molecule has 0 unspecified atom stereocenters. The van der Waals surface area contributed by atoms with E-state index < -0.39 is 0 Å². The molecule has 0 spiro atoms. The summed E-state index contributed by atoms with van der Waals surface area (Å²) in [5.74, 6) is 2.51. The molecule has 78 valence electrons. The first kappa shape index (κ1) is 11.0. The molecule has 2 N–H and O–H groups in total. The topological polar surface area (TPSA) is 26.0 Å². The van der Waals surface area contributed by atoms with Gasteiger partial charge in [-0.1, -0.05) is 34.1 Å². The van der Waals surface area contributed by atoms with Gasteiger partial charge in [-0.15, -0.1) is 0 Å². The van der Waals surface area contributed by atoms with E-state index in [1.807, 2.05) is 0 Å². The van der Waals surface area contributed by atoms with Crippen LogP contribution in [-0.2, 0) is 0 Å². The van der Waals surface area contributed by atoms with Crippen molar-refractivity contribution in [2.24, 2.45) is 28.9 Å². The minimum atomic E-state index is 0.409. The quantitative estimate of drug-likeness (QED) is 0.699. The monoisotopic (exact) mass is 183 g/mol. The summed E-state index contributed by atoms with van der Waals surface area (Å²) in [6.45, 7) is 10.3. The van der Waals surface area contributed by atoms with Gasteiger partial charge in [0, 0.05) is 0 Å². The first-order chi connectivity index (χ1) is 5.99. The van der Waals surface area contributed by atoms with Crippen molar-refractivity contribution in [1.82, 2.24) is 0 Å². The summed E-state index contributed by atoms with van der Waals surface area (Å²) in [5.41, 5.74) is 6.34. The van der Waals surface area contributed by atoms with Crippen molar-refractivity contribution < 1.29 is 0 Å². The Labute approximate surface area is 83.1 Å². The van der Waals surface area contributed by atoms with Crippen LogP contribution in [0, 0.1) is 23.2 Å². The average Bonchev–Trinajstić information content (AvgIpc) is 2.03. The molecule has 3 atom stereocenters. The lowest BCUT2D eigenvalue weighted by atomic mass is 9.61. The zero-order chi connectivity index (χ0) is 10.1. The smallest absolute Gasteiger partial charge is 0.00203 e. The minimum absolute atomic E-state index is 0.409. The SMILES string of the molecule is CC(C)[C@@H]1CC[C@@H](C)C[C@]1(C)CN. The van der Waals surface area contributed by atoms with E-state index in [1.165, 1.54) is 19.3 Å². The van der Waals surface area contributed by atoms with Crippen LogP contribution >= 0.6 is 0 Å². The van der Waals surface area contributed by atoms with Gasteiger partial charge in [0.25, 0.3) is 0 Å². The maximum atomic E-state index is 5.93. The number of nitrogens with two attached hydrogens (primary N) is 1. The largest absolute Gasteiger partial charge is 0.330 e. The van der Waals surface area contributed by atoms with Crippen LogP contribution in [-0.4, -0.2) is 6.54 Å². The van der Waals surface area contributed by atoms with Crippen molar-refractivity contribution in [3.05, 3.63) is 0 Å². The molecule has 0 heterocycles.